The SMILES string of the molecule is CCCCCCCCCCCCCCCCNC(=O)/C=C1/OC(=O)N2CCC[C@@H]12. The first-order valence-electron chi connectivity index (χ1n) is 12.2. The number of rotatable bonds is 16. The fourth-order valence-electron chi connectivity index (χ4n) is 4.35. The average molecular weight is 407 g/mol. The van der Waals surface area contributed by atoms with Crippen molar-refractivity contribution in [3.05, 3.63) is 11.8 Å². The maximum Gasteiger partial charge on any atom is 0.415 e. The molecule has 5 nitrogen and oxygen atoms in total. The number of nitrogens with one attached hydrogen (secondary N) is 1. The van der Waals surface area contributed by atoms with Crippen LogP contribution in [0.1, 0.15) is 110 Å². The van der Waals surface area contributed by atoms with Crippen molar-refractivity contribution in [1.82, 2.24) is 10.2 Å². The maximum atomic E-state index is 12.0. The van der Waals surface area contributed by atoms with Gasteiger partial charge in [0.25, 0.3) is 0 Å². The number of carbonyl (C=O) groups excluding carboxylic acids is 2. The van der Waals surface area contributed by atoms with Crippen molar-refractivity contribution >= 4 is 12.0 Å². The van der Waals surface area contributed by atoms with Crippen LogP contribution in [0.25, 0.3) is 0 Å². The molecular formula is C24H42N2O3. The Bertz CT molecular complexity index is 518. The number of carbonyl (C=O) groups is 2. The van der Waals surface area contributed by atoms with Crippen LogP contribution in [0.5, 0.6) is 0 Å². The van der Waals surface area contributed by atoms with Crippen molar-refractivity contribution in [1.29, 1.82) is 0 Å². The van der Waals surface area contributed by atoms with Crippen molar-refractivity contribution in [3.8, 4) is 0 Å². The third-order valence-electron chi connectivity index (χ3n) is 6.12. The van der Waals surface area contributed by atoms with E-state index in [2.05, 4.69) is 12.2 Å². The Morgan fingerprint density at radius 2 is 1.52 bits per heavy atom. The fourth-order valence-corrected chi connectivity index (χ4v) is 4.35. The molecular weight excluding hydrogens is 364 g/mol. The van der Waals surface area contributed by atoms with Gasteiger partial charge in [-0.3, -0.25) is 9.69 Å². The van der Waals surface area contributed by atoms with Crippen LogP contribution in [0.4, 0.5) is 4.79 Å². The van der Waals surface area contributed by atoms with Gasteiger partial charge in [-0.05, 0) is 19.3 Å². The Labute approximate surface area is 177 Å². The van der Waals surface area contributed by atoms with E-state index in [-0.39, 0.29) is 18.0 Å². The van der Waals surface area contributed by atoms with Crippen LogP contribution in [0.15, 0.2) is 11.8 Å². The smallest absolute Gasteiger partial charge is 0.412 e. The summed E-state index contributed by atoms with van der Waals surface area (Å²) in [5.41, 5.74) is 0. The highest BCUT2D eigenvalue weighted by molar-refractivity contribution is 5.89. The quantitative estimate of drug-likeness (QED) is 0.249. The van der Waals surface area contributed by atoms with E-state index < -0.39 is 0 Å². The zero-order valence-corrected chi connectivity index (χ0v) is 18.6. The molecule has 2 aliphatic rings. The fraction of sp³-hybridized carbons (Fsp3) is 0.833. The lowest BCUT2D eigenvalue weighted by molar-refractivity contribution is -0.116. The third kappa shape index (κ3) is 9.22. The minimum absolute atomic E-state index is 0.0192. The first kappa shape index (κ1) is 23.8. The summed E-state index contributed by atoms with van der Waals surface area (Å²) in [5, 5.41) is 2.92. The summed E-state index contributed by atoms with van der Waals surface area (Å²) in [4.78, 5) is 25.4. The zero-order valence-electron chi connectivity index (χ0n) is 18.6. The average Bonchev–Trinajstić information content (AvgIpc) is 3.30. The molecule has 0 aromatic carbocycles. The molecule has 0 radical (unpaired) electrons. The van der Waals surface area contributed by atoms with Crippen LogP contribution >= 0.6 is 0 Å². The van der Waals surface area contributed by atoms with E-state index in [9.17, 15) is 9.59 Å². The van der Waals surface area contributed by atoms with Crippen LogP contribution < -0.4 is 5.32 Å². The van der Waals surface area contributed by atoms with Gasteiger partial charge in [0.15, 0.2) is 0 Å². The Hall–Kier alpha value is -1.52. The van der Waals surface area contributed by atoms with Crippen LogP contribution in [0, 0.1) is 0 Å². The van der Waals surface area contributed by atoms with Crippen LogP contribution in [-0.2, 0) is 9.53 Å². The summed E-state index contributed by atoms with van der Waals surface area (Å²) in [5.74, 6) is 0.377. The second kappa shape index (κ2) is 14.5. The standard InChI is InChI=1S/C24H42N2O3/c1-2-3-4-5-6-7-8-9-10-11-12-13-14-15-18-25-23(27)20-22-21-17-16-19-26(21)24(28)29-22/h20-21H,2-19H2,1H3,(H,25,27)/b22-20+/t21-/m0/s1. The number of hydrogen-bond acceptors (Lipinski definition) is 3. The molecule has 0 aromatic heterocycles. The van der Waals surface area contributed by atoms with E-state index >= 15 is 0 Å². The number of nitrogens with zero attached hydrogens (tertiary/aromatic N) is 1. The predicted octanol–water partition coefficient (Wildman–Crippen LogP) is 6.08. The summed E-state index contributed by atoms with van der Waals surface area (Å²) in [6.07, 6.45) is 21.7. The molecule has 0 saturated carbocycles. The maximum absolute atomic E-state index is 12.0. The van der Waals surface area contributed by atoms with E-state index in [0.717, 1.165) is 25.8 Å². The van der Waals surface area contributed by atoms with E-state index in [1.54, 1.807) is 4.90 Å². The lowest BCUT2D eigenvalue weighted by Gasteiger charge is -2.09. The van der Waals surface area contributed by atoms with E-state index in [1.807, 2.05) is 0 Å². The second-order valence-electron chi connectivity index (χ2n) is 8.65. The normalized spacial score (nSPS) is 19.6. The second-order valence-corrected chi connectivity index (χ2v) is 8.65. The first-order valence-corrected chi connectivity index (χ1v) is 12.2. The monoisotopic (exact) mass is 406 g/mol. The molecule has 29 heavy (non-hydrogen) atoms. The number of fused-ring (bicyclic) bond motifs is 1. The molecule has 2 heterocycles. The Morgan fingerprint density at radius 3 is 2.10 bits per heavy atom. The lowest BCUT2D eigenvalue weighted by Crippen LogP contribution is -2.27. The molecule has 2 amide bonds. The van der Waals surface area contributed by atoms with Crippen LogP contribution in [0.2, 0.25) is 0 Å². The summed E-state index contributed by atoms with van der Waals surface area (Å²) < 4.78 is 5.21. The Kier molecular flexibility index (Phi) is 11.8. The molecule has 2 saturated heterocycles. The topological polar surface area (TPSA) is 58.6 Å². The molecule has 2 aliphatic heterocycles. The number of hydrogen-bond donors (Lipinski definition) is 1. The zero-order chi connectivity index (χ0) is 20.7. The van der Waals surface area contributed by atoms with Gasteiger partial charge in [0.2, 0.25) is 5.91 Å². The van der Waals surface area contributed by atoms with Gasteiger partial charge in [-0.1, -0.05) is 90.4 Å². The van der Waals surface area contributed by atoms with Crippen molar-refractivity contribution in [2.75, 3.05) is 13.1 Å². The molecule has 0 unspecified atom stereocenters. The predicted molar refractivity (Wildman–Crippen MR) is 118 cm³/mol. The molecule has 1 atom stereocenters. The number of cyclic esters (lactones) is 1. The molecule has 5 heteroatoms. The van der Waals surface area contributed by atoms with Crippen LogP contribution in [-0.4, -0.2) is 36.0 Å². The van der Waals surface area contributed by atoms with Gasteiger partial charge in [0.1, 0.15) is 5.76 Å². The van der Waals surface area contributed by atoms with Gasteiger partial charge in [-0.15, -0.1) is 0 Å². The Balaban J connectivity index is 1.37. The van der Waals surface area contributed by atoms with E-state index in [4.69, 9.17) is 4.74 Å². The van der Waals surface area contributed by atoms with Crippen molar-refractivity contribution in [3.63, 3.8) is 0 Å². The van der Waals surface area contributed by atoms with Gasteiger partial charge in [0.05, 0.1) is 6.04 Å². The van der Waals surface area contributed by atoms with Crippen LogP contribution in [0.3, 0.4) is 0 Å². The summed E-state index contributed by atoms with van der Waals surface area (Å²) in [7, 11) is 0. The summed E-state index contributed by atoms with van der Waals surface area (Å²) >= 11 is 0. The Morgan fingerprint density at radius 1 is 0.966 bits per heavy atom. The largest absolute Gasteiger partial charge is 0.415 e. The number of amides is 2. The number of unbranched alkanes of at least 4 members (excludes halogenated alkanes) is 13. The van der Waals surface area contributed by atoms with Crippen molar-refractivity contribution in [2.45, 2.75) is 116 Å². The highest BCUT2D eigenvalue weighted by Crippen LogP contribution is 2.31. The van der Waals surface area contributed by atoms with E-state index in [1.165, 1.54) is 89.5 Å². The van der Waals surface area contributed by atoms with E-state index in [0.29, 0.717) is 12.3 Å². The minimum atomic E-state index is -0.307. The minimum Gasteiger partial charge on any atom is -0.412 e. The summed E-state index contributed by atoms with van der Waals surface area (Å²) in [6, 6.07) is -0.0192. The van der Waals surface area contributed by atoms with Gasteiger partial charge < -0.3 is 10.1 Å². The summed E-state index contributed by atoms with van der Waals surface area (Å²) in [6.45, 7) is 3.71. The molecule has 1 N–H and O–H groups in total. The molecule has 2 fully saturated rings. The molecule has 0 aromatic rings. The highest BCUT2D eigenvalue weighted by Gasteiger charge is 2.41. The molecule has 0 aliphatic carbocycles. The molecule has 0 bridgehead atoms. The highest BCUT2D eigenvalue weighted by atomic mass is 16.6. The van der Waals surface area contributed by atoms with Gasteiger partial charge in [0, 0.05) is 19.2 Å². The number of ether oxygens (including phenoxy) is 1. The molecule has 166 valence electrons. The van der Waals surface area contributed by atoms with Gasteiger partial charge >= 0.3 is 6.09 Å². The van der Waals surface area contributed by atoms with Gasteiger partial charge in [-0.2, -0.15) is 0 Å². The third-order valence-corrected chi connectivity index (χ3v) is 6.12. The molecule has 2 rings (SSSR count). The van der Waals surface area contributed by atoms with Gasteiger partial charge in [-0.25, -0.2) is 4.79 Å². The lowest BCUT2D eigenvalue weighted by atomic mass is 10.0. The molecule has 0 spiro atoms. The first-order chi connectivity index (χ1) is 14.2. The van der Waals surface area contributed by atoms with Crippen molar-refractivity contribution in [2.24, 2.45) is 0 Å². The van der Waals surface area contributed by atoms with Crippen molar-refractivity contribution < 1.29 is 14.3 Å².